The van der Waals surface area contributed by atoms with Gasteiger partial charge in [0, 0.05) is 31.3 Å². The van der Waals surface area contributed by atoms with Crippen LogP contribution in [-0.2, 0) is 17.9 Å². The van der Waals surface area contributed by atoms with Gasteiger partial charge in [-0.25, -0.2) is 0 Å². The van der Waals surface area contributed by atoms with Crippen molar-refractivity contribution in [2.24, 2.45) is 0 Å². The van der Waals surface area contributed by atoms with Gasteiger partial charge >= 0.3 is 0 Å². The Hall–Kier alpha value is -2.73. The second-order valence-electron chi connectivity index (χ2n) is 6.20. The van der Waals surface area contributed by atoms with Crippen molar-refractivity contribution in [3.63, 3.8) is 0 Å². The van der Waals surface area contributed by atoms with Gasteiger partial charge in [-0.15, -0.1) is 0 Å². The minimum Gasteiger partial charge on any atom is -0.497 e. The first kappa shape index (κ1) is 18.1. The first-order valence-electron chi connectivity index (χ1n) is 8.50. The van der Waals surface area contributed by atoms with Crippen LogP contribution < -0.4 is 19.5 Å². The van der Waals surface area contributed by atoms with Crippen molar-refractivity contribution in [1.82, 2.24) is 10.2 Å². The fraction of sp³-hybridized carbons (Fsp3) is 0.350. The van der Waals surface area contributed by atoms with Crippen LogP contribution in [0.4, 0.5) is 0 Å². The van der Waals surface area contributed by atoms with Gasteiger partial charge in [0.15, 0.2) is 0 Å². The first-order valence-corrected chi connectivity index (χ1v) is 8.50. The van der Waals surface area contributed by atoms with Gasteiger partial charge < -0.3 is 19.5 Å². The summed E-state index contributed by atoms with van der Waals surface area (Å²) in [5, 5.41) is 2.98. The number of nitrogens with zero attached hydrogens (tertiary/aromatic N) is 1. The van der Waals surface area contributed by atoms with Gasteiger partial charge in [0.1, 0.15) is 23.3 Å². The molecule has 1 N–H and O–H groups in total. The van der Waals surface area contributed by atoms with E-state index in [1.54, 1.807) is 27.4 Å². The first-order chi connectivity index (χ1) is 12.6. The molecule has 1 aliphatic rings. The number of hydrogen-bond acceptors (Lipinski definition) is 5. The van der Waals surface area contributed by atoms with Crippen molar-refractivity contribution in [3.05, 3.63) is 53.6 Å². The van der Waals surface area contributed by atoms with Crippen LogP contribution in [0.25, 0.3) is 0 Å². The maximum absolute atomic E-state index is 12.4. The maximum Gasteiger partial charge on any atom is 0.238 e. The second-order valence-corrected chi connectivity index (χ2v) is 6.20. The highest BCUT2D eigenvalue weighted by molar-refractivity contribution is 5.84. The number of para-hydroxylation sites is 1. The summed E-state index contributed by atoms with van der Waals surface area (Å²) < 4.78 is 15.9. The van der Waals surface area contributed by atoms with Crippen LogP contribution in [0, 0.1) is 0 Å². The molecule has 2 unspecified atom stereocenters. The molecule has 0 saturated carbocycles. The molecular weight excluding hydrogens is 332 g/mol. The zero-order chi connectivity index (χ0) is 18.5. The largest absolute Gasteiger partial charge is 0.497 e. The van der Waals surface area contributed by atoms with E-state index >= 15 is 0 Å². The maximum atomic E-state index is 12.4. The topological polar surface area (TPSA) is 59.8 Å². The lowest BCUT2D eigenvalue weighted by Gasteiger charge is -2.11. The normalized spacial score (nSPS) is 18.1. The van der Waals surface area contributed by atoms with E-state index < -0.39 is 0 Å². The number of carbonyl (C=O) groups is 1. The molecule has 6 nitrogen and oxygen atoms in total. The average molecular weight is 356 g/mol. The van der Waals surface area contributed by atoms with Crippen molar-refractivity contribution in [1.29, 1.82) is 0 Å². The Morgan fingerprint density at radius 3 is 2.42 bits per heavy atom. The molecule has 0 spiro atoms. The van der Waals surface area contributed by atoms with Crippen molar-refractivity contribution in [2.75, 3.05) is 27.9 Å². The summed E-state index contributed by atoms with van der Waals surface area (Å²) >= 11 is 0. The lowest BCUT2D eigenvalue weighted by molar-refractivity contribution is -0.121. The molecule has 1 heterocycles. The fourth-order valence-electron chi connectivity index (χ4n) is 2.93. The highest BCUT2D eigenvalue weighted by Crippen LogP contribution is 2.27. The Bertz CT molecular complexity index is 756. The van der Waals surface area contributed by atoms with Gasteiger partial charge in [-0.3, -0.25) is 9.69 Å². The van der Waals surface area contributed by atoms with Gasteiger partial charge in [0.05, 0.1) is 21.3 Å². The minimum absolute atomic E-state index is 0.0293. The Balaban J connectivity index is 1.54. The quantitative estimate of drug-likeness (QED) is 0.735. The standard InChI is InChI=1S/C20H24N2O4/c1-24-16-8-14(9-17(10-16)25-2)11-21-20(23)18-13-22(18)12-15-6-4-5-7-19(15)26-3/h4-10,18H,11-13H2,1-3H3,(H,21,23). The van der Waals surface area contributed by atoms with E-state index in [4.69, 9.17) is 14.2 Å². The zero-order valence-electron chi connectivity index (χ0n) is 15.3. The molecule has 0 aliphatic carbocycles. The Labute approximate surface area is 153 Å². The van der Waals surface area contributed by atoms with Crippen LogP contribution in [0.2, 0.25) is 0 Å². The molecular formula is C20H24N2O4. The summed E-state index contributed by atoms with van der Waals surface area (Å²) in [4.78, 5) is 14.5. The summed E-state index contributed by atoms with van der Waals surface area (Å²) in [7, 11) is 4.88. The van der Waals surface area contributed by atoms with E-state index in [0.717, 1.165) is 23.4 Å². The monoisotopic (exact) mass is 356 g/mol. The molecule has 0 radical (unpaired) electrons. The Morgan fingerprint density at radius 1 is 1.08 bits per heavy atom. The molecule has 0 aromatic heterocycles. The number of rotatable bonds is 8. The zero-order valence-corrected chi connectivity index (χ0v) is 15.3. The number of methoxy groups -OCH3 is 3. The Kier molecular flexibility index (Phi) is 5.63. The van der Waals surface area contributed by atoms with Gasteiger partial charge in [-0.1, -0.05) is 18.2 Å². The number of ether oxygens (including phenoxy) is 3. The molecule has 6 heteroatoms. The van der Waals surface area contributed by atoms with Crippen LogP contribution >= 0.6 is 0 Å². The van der Waals surface area contributed by atoms with E-state index in [-0.39, 0.29) is 11.9 Å². The van der Waals surface area contributed by atoms with E-state index in [0.29, 0.717) is 24.6 Å². The smallest absolute Gasteiger partial charge is 0.238 e. The van der Waals surface area contributed by atoms with E-state index in [1.807, 2.05) is 36.4 Å². The molecule has 0 bridgehead atoms. The number of nitrogens with one attached hydrogen (secondary N) is 1. The van der Waals surface area contributed by atoms with Gasteiger partial charge in [-0.05, 0) is 23.8 Å². The molecule has 26 heavy (non-hydrogen) atoms. The molecule has 1 saturated heterocycles. The predicted molar refractivity (Wildman–Crippen MR) is 98.6 cm³/mol. The third-order valence-electron chi connectivity index (χ3n) is 4.46. The lowest BCUT2D eigenvalue weighted by atomic mass is 10.2. The summed E-state index contributed by atoms with van der Waals surface area (Å²) in [6, 6.07) is 13.4. The lowest BCUT2D eigenvalue weighted by Crippen LogP contribution is -2.29. The highest BCUT2D eigenvalue weighted by atomic mass is 16.5. The minimum atomic E-state index is -0.0904. The predicted octanol–water partition coefficient (Wildman–Crippen LogP) is 2.21. The summed E-state index contributed by atoms with van der Waals surface area (Å²) in [6.07, 6.45) is 0. The summed E-state index contributed by atoms with van der Waals surface area (Å²) in [5.74, 6) is 2.29. The van der Waals surface area contributed by atoms with Crippen LogP contribution in [0.15, 0.2) is 42.5 Å². The molecule has 2 atom stereocenters. The van der Waals surface area contributed by atoms with Crippen molar-refractivity contribution in [2.45, 2.75) is 19.1 Å². The third kappa shape index (κ3) is 4.26. The number of carbonyl (C=O) groups excluding carboxylic acids is 1. The van der Waals surface area contributed by atoms with Crippen LogP contribution in [-0.4, -0.2) is 44.7 Å². The average Bonchev–Trinajstić information content (AvgIpc) is 3.45. The number of benzene rings is 2. The van der Waals surface area contributed by atoms with E-state index in [2.05, 4.69) is 10.2 Å². The van der Waals surface area contributed by atoms with Crippen LogP contribution in [0.1, 0.15) is 11.1 Å². The van der Waals surface area contributed by atoms with Crippen LogP contribution in [0.5, 0.6) is 17.2 Å². The van der Waals surface area contributed by atoms with Crippen LogP contribution in [0.3, 0.4) is 0 Å². The van der Waals surface area contributed by atoms with Crippen molar-refractivity contribution in [3.8, 4) is 17.2 Å². The molecule has 1 fully saturated rings. The van der Waals surface area contributed by atoms with Crippen molar-refractivity contribution < 1.29 is 19.0 Å². The molecule has 1 amide bonds. The summed E-state index contributed by atoms with van der Waals surface area (Å²) in [6.45, 7) is 1.89. The van der Waals surface area contributed by atoms with Gasteiger partial charge in [-0.2, -0.15) is 0 Å². The third-order valence-corrected chi connectivity index (χ3v) is 4.46. The van der Waals surface area contributed by atoms with Gasteiger partial charge in [0.2, 0.25) is 5.91 Å². The number of amides is 1. The second kappa shape index (κ2) is 8.10. The van der Waals surface area contributed by atoms with E-state index in [1.165, 1.54) is 0 Å². The molecule has 1 aliphatic heterocycles. The van der Waals surface area contributed by atoms with Gasteiger partial charge in [0.25, 0.3) is 0 Å². The van der Waals surface area contributed by atoms with E-state index in [9.17, 15) is 4.79 Å². The number of hydrogen-bond donors (Lipinski definition) is 1. The highest BCUT2D eigenvalue weighted by Gasteiger charge is 2.40. The van der Waals surface area contributed by atoms with Crippen molar-refractivity contribution >= 4 is 5.91 Å². The Morgan fingerprint density at radius 2 is 1.77 bits per heavy atom. The SMILES string of the molecule is COc1cc(CNC(=O)C2CN2Cc2ccccc2OC)cc(OC)c1. The molecule has 138 valence electrons. The summed E-state index contributed by atoms with van der Waals surface area (Å²) in [5.41, 5.74) is 2.02. The molecule has 3 rings (SSSR count). The molecule has 2 aromatic carbocycles. The fourth-order valence-corrected chi connectivity index (χ4v) is 2.93. The molecule has 2 aromatic rings.